The number of terminal acetylenes is 1. The van der Waals surface area contributed by atoms with Gasteiger partial charge in [-0.2, -0.15) is 0 Å². The lowest BCUT2D eigenvalue weighted by molar-refractivity contribution is -0.122. The predicted octanol–water partition coefficient (Wildman–Crippen LogP) is 3.60. The van der Waals surface area contributed by atoms with Gasteiger partial charge in [0.05, 0.1) is 14.2 Å². The number of nitrogens with one attached hydrogen (secondary N) is 1. The molecule has 1 amide bonds. The molecule has 0 heterocycles. The molecule has 0 spiro atoms. The second-order valence-electron chi connectivity index (χ2n) is 6.58. The molecule has 0 radical (unpaired) electrons. The van der Waals surface area contributed by atoms with Crippen LogP contribution >= 0.6 is 0 Å². The second-order valence-corrected chi connectivity index (χ2v) is 6.58. The van der Waals surface area contributed by atoms with Crippen molar-refractivity contribution in [1.29, 1.82) is 0 Å². The van der Waals surface area contributed by atoms with Crippen molar-refractivity contribution in [1.82, 2.24) is 5.32 Å². The highest BCUT2D eigenvalue weighted by Gasteiger charge is 2.13. The molecular weight excluding hydrogens is 354 g/mol. The largest absolute Gasteiger partial charge is 0.496 e. The Balaban J connectivity index is 1.88. The number of carbonyl (C=O) groups is 1. The first-order chi connectivity index (χ1) is 13.6. The van der Waals surface area contributed by atoms with Gasteiger partial charge in [-0.05, 0) is 41.7 Å². The quantitative estimate of drug-likeness (QED) is 0.639. The van der Waals surface area contributed by atoms with E-state index in [0.29, 0.717) is 24.5 Å². The number of para-hydroxylation sites is 1. The summed E-state index contributed by atoms with van der Waals surface area (Å²) in [6.45, 7) is 2.63. The number of hydrogen-bond acceptors (Lipinski definition) is 4. The van der Waals surface area contributed by atoms with Crippen LogP contribution in [0.15, 0.2) is 42.5 Å². The van der Waals surface area contributed by atoms with Gasteiger partial charge in [0.25, 0.3) is 0 Å². The van der Waals surface area contributed by atoms with Gasteiger partial charge in [0.1, 0.15) is 12.4 Å². The summed E-state index contributed by atoms with van der Waals surface area (Å²) in [5, 5.41) is 2.96. The van der Waals surface area contributed by atoms with E-state index in [0.717, 1.165) is 23.3 Å². The molecule has 0 fully saturated rings. The van der Waals surface area contributed by atoms with Crippen LogP contribution in [-0.4, -0.2) is 26.7 Å². The molecule has 0 saturated carbocycles. The van der Waals surface area contributed by atoms with Gasteiger partial charge in [-0.15, -0.1) is 6.42 Å². The van der Waals surface area contributed by atoms with E-state index in [1.54, 1.807) is 20.3 Å². The Morgan fingerprint density at radius 1 is 1.11 bits per heavy atom. The summed E-state index contributed by atoms with van der Waals surface area (Å²) in [6.07, 6.45) is 6.46. The van der Waals surface area contributed by atoms with Gasteiger partial charge >= 0.3 is 0 Å². The first kappa shape index (κ1) is 21.2. The first-order valence-electron chi connectivity index (χ1n) is 9.19. The maximum Gasteiger partial charge on any atom is 0.220 e. The third-order valence-corrected chi connectivity index (χ3v) is 4.32. The van der Waals surface area contributed by atoms with Gasteiger partial charge in [0.2, 0.25) is 5.91 Å². The minimum atomic E-state index is 0.00399. The van der Waals surface area contributed by atoms with Crippen molar-refractivity contribution in [3.63, 3.8) is 0 Å². The van der Waals surface area contributed by atoms with E-state index in [-0.39, 0.29) is 18.4 Å². The van der Waals surface area contributed by atoms with Crippen molar-refractivity contribution in [3.8, 4) is 29.6 Å². The molecule has 2 aromatic carbocycles. The molecule has 0 bridgehead atoms. The smallest absolute Gasteiger partial charge is 0.220 e. The van der Waals surface area contributed by atoms with Crippen LogP contribution in [0, 0.1) is 18.3 Å². The standard InChI is InChI=1S/C23H27NO4/c1-5-12-28-22-15-18(10-11-21(22)27-4)16-24-23(25)14-17(2)13-19-8-6-7-9-20(19)26-3/h1,6-11,15,17H,12-14,16H2,2-4H3,(H,24,25). The lowest BCUT2D eigenvalue weighted by atomic mass is 9.97. The van der Waals surface area contributed by atoms with E-state index in [4.69, 9.17) is 20.6 Å². The fourth-order valence-corrected chi connectivity index (χ4v) is 2.97. The highest BCUT2D eigenvalue weighted by Crippen LogP contribution is 2.28. The lowest BCUT2D eigenvalue weighted by Crippen LogP contribution is -2.25. The van der Waals surface area contributed by atoms with Gasteiger partial charge in [-0.1, -0.05) is 37.1 Å². The Bertz CT molecular complexity index is 826. The fourth-order valence-electron chi connectivity index (χ4n) is 2.97. The Morgan fingerprint density at radius 2 is 1.86 bits per heavy atom. The first-order valence-corrected chi connectivity index (χ1v) is 9.19. The fraction of sp³-hybridized carbons (Fsp3) is 0.348. The number of ether oxygens (including phenoxy) is 3. The lowest BCUT2D eigenvalue weighted by Gasteiger charge is -2.15. The number of amides is 1. The van der Waals surface area contributed by atoms with Crippen molar-refractivity contribution < 1.29 is 19.0 Å². The zero-order valence-corrected chi connectivity index (χ0v) is 16.7. The molecule has 2 aromatic rings. The Kier molecular flexibility index (Phi) is 8.23. The minimum Gasteiger partial charge on any atom is -0.496 e. The summed E-state index contributed by atoms with van der Waals surface area (Å²) in [6, 6.07) is 13.4. The summed E-state index contributed by atoms with van der Waals surface area (Å²) in [5.74, 6) is 4.66. The van der Waals surface area contributed by atoms with Gasteiger partial charge in [-0.3, -0.25) is 4.79 Å². The normalized spacial score (nSPS) is 11.2. The van der Waals surface area contributed by atoms with Crippen molar-refractivity contribution in [2.45, 2.75) is 26.3 Å². The molecule has 148 valence electrons. The molecule has 0 aromatic heterocycles. The molecule has 1 N–H and O–H groups in total. The summed E-state index contributed by atoms with van der Waals surface area (Å²) >= 11 is 0. The Hall–Kier alpha value is -3.13. The van der Waals surface area contributed by atoms with Crippen molar-refractivity contribution in [2.24, 2.45) is 5.92 Å². The third kappa shape index (κ3) is 6.24. The average molecular weight is 381 g/mol. The maximum absolute atomic E-state index is 12.3. The van der Waals surface area contributed by atoms with Gasteiger partial charge in [0.15, 0.2) is 11.5 Å². The van der Waals surface area contributed by atoms with E-state index < -0.39 is 0 Å². The number of rotatable bonds is 10. The zero-order valence-electron chi connectivity index (χ0n) is 16.7. The monoisotopic (exact) mass is 381 g/mol. The second kappa shape index (κ2) is 10.9. The molecule has 2 rings (SSSR count). The van der Waals surface area contributed by atoms with Crippen LogP contribution in [0.1, 0.15) is 24.5 Å². The average Bonchev–Trinajstić information content (AvgIpc) is 2.71. The van der Waals surface area contributed by atoms with Crippen molar-refractivity contribution in [3.05, 3.63) is 53.6 Å². The number of methoxy groups -OCH3 is 2. The van der Waals surface area contributed by atoms with Crippen molar-refractivity contribution >= 4 is 5.91 Å². The third-order valence-electron chi connectivity index (χ3n) is 4.32. The summed E-state index contributed by atoms with van der Waals surface area (Å²) in [5.41, 5.74) is 2.02. The SMILES string of the molecule is C#CCOc1cc(CNC(=O)CC(C)Cc2ccccc2OC)ccc1OC. The highest BCUT2D eigenvalue weighted by atomic mass is 16.5. The highest BCUT2D eigenvalue weighted by molar-refractivity contribution is 5.76. The van der Waals surface area contributed by atoms with Gasteiger partial charge in [-0.25, -0.2) is 0 Å². The zero-order chi connectivity index (χ0) is 20.4. The van der Waals surface area contributed by atoms with Gasteiger partial charge < -0.3 is 19.5 Å². The molecule has 1 atom stereocenters. The predicted molar refractivity (Wildman–Crippen MR) is 110 cm³/mol. The Morgan fingerprint density at radius 3 is 2.57 bits per heavy atom. The number of carbonyl (C=O) groups excluding carboxylic acids is 1. The van der Waals surface area contributed by atoms with E-state index in [1.807, 2.05) is 36.4 Å². The van der Waals surface area contributed by atoms with Crippen molar-refractivity contribution in [2.75, 3.05) is 20.8 Å². The summed E-state index contributed by atoms with van der Waals surface area (Å²) in [7, 11) is 3.23. The van der Waals surface area contributed by atoms with Crippen LogP contribution < -0.4 is 19.5 Å². The molecule has 1 unspecified atom stereocenters. The van der Waals surface area contributed by atoms with E-state index in [2.05, 4.69) is 18.2 Å². The molecule has 0 saturated heterocycles. The van der Waals surface area contributed by atoms with Crippen LogP contribution in [0.5, 0.6) is 17.2 Å². The maximum atomic E-state index is 12.3. The summed E-state index contributed by atoms with van der Waals surface area (Å²) in [4.78, 5) is 12.3. The Labute approximate surface area is 167 Å². The molecule has 5 nitrogen and oxygen atoms in total. The number of benzene rings is 2. The minimum absolute atomic E-state index is 0.00399. The van der Waals surface area contributed by atoms with E-state index in [1.165, 1.54) is 0 Å². The molecule has 0 aliphatic rings. The topological polar surface area (TPSA) is 56.8 Å². The van der Waals surface area contributed by atoms with Crippen LogP contribution in [0.4, 0.5) is 0 Å². The van der Waals surface area contributed by atoms with Crippen LogP contribution in [0.3, 0.4) is 0 Å². The summed E-state index contributed by atoms with van der Waals surface area (Å²) < 4.78 is 16.1. The van der Waals surface area contributed by atoms with Gasteiger partial charge in [0, 0.05) is 13.0 Å². The molecular formula is C23H27NO4. The van der Waals surface area contributed by atoms with Crippen LogP contribution in [0.25, 0.3) is 0 Å². The molecule has 28 heavy (non-hydrogen) atoms. The number of hydrogen-bond donors (Lipinski definition) is 1. The van der Waals surface area contributed by atoms with Crippen LogP contribution in [-0.2, 0) is 17.8 Å². The molecule has 0 aliphatic carbocycles. The van der Waals surface area contributed by atoms with E-state index >= 15 is 0 Å². The molecule has 0 aliphatic heterocycles. The van der Waals surface area contributed by atoms with Crippen LogP contribution in [0.2, 0.25) is 0 Å². The van der Waals surface area contributed by atoms with E-state index in [9.17, 15) is 4.79 Å². The molecule has 5 heteroatoms.